The molecule has 6 nitrogen and oxygen atoms in total. The second-order valence-electron chi connectivity index (χ2n) is 5.38. The molecule has 0 radical (unpaired) electrons. The Labute approximate surface area is 143 Å². The lowest BCUT2D eigenvalue weighted by molar-refractivity contribution is -0.113. The summed E-state index contributed by atoms with van der Waals surface area (Å²) in [5.74, 6) is -0.0301. The molecule has 3 rings (SSSR count). The molecule has 24 heavy (non-hydrogen) atoms. The minimum atomic E-state index is -0.398. The molecule has 2 aromatic heterocycles. The topological polar surface area (TPSA) is 76.4 Å². The number of thioether (sulfide) groups is 1. The van der Waals surface area contributed by atoms with E-state index in [1.54, 1.807) is 12.3 Å². The molecule has 0 aliphatic rings. The third kappa shape index (κ3) is 3.62. The van der Waals surface area contributed by atoms with Gasteiger partial charge < -0.3 is 5.32 Å². The number of fused-ring (bicyclic) bond motifs is 1. The third-order valence-corrected chi connectivity index (χ3v) is 4.28. The number of para-hydroxylation sites is 1. The summed E-state index contributed by atoms with van der Waals surface area (Å²) >= 11 is 1.14. The number of hydrogen-bond acceptors (Lipinski definition) is 5. The van der Waals surface area contributed by atoms with Gasteiger partial charge in [-0.1, -0.05) is 36.0 Å². The van der Waals surface area contributed by atoms with E-state index < -0.39 is 5.69 Å². The first-order valence-electron chi connectivity index (χ1n) is 7.38. The molecule has 1 amide bonds. The monoisotopic (exact) mass is 340 g/mol. The zero-order chi connectivity index (χ0) is 17.1. The summed E-state index contributed by atoms with van der Waals surface area (Å²) in [5, 5.41) is 3.14. The highest BCUT2D eigenvalue weighted by atomic mass is 32.2. The van der Waals surface area contributed by atoms with Crippen LogP contribution >= 0.6 is 11.8 Å². The molecule has 0 aliphatic carbocycles. The molecule has 7 heteroatoms. The van der Waals surface area contributed by atoms with Gasteiger partial charge in [-0.2, -0.15) is 4.98 Å². The average Bonchev–Trinajstić information content (AvgIpc) is 2.56. The van der Waals surface area contributed by atoms with Gasteiger partial charge in [-0.25, -0.2) is 9.78 Å². The van der Waals surface area contributed by atoms with Crippen LogP contribution in [-0.4, -0.2) is 26.0 Å². The second kappa shape index (κ2) is 6.84. The first kappa shape index (κ1) is 16.2. The van der Waals surface area contributed by atoms with E-state index in [0.29, 0.717) is 10.8 Å². The molecule has 122 valence electrons. The maximum atomic E-state index is 12.1. The van der Waals surface area contributed by atoms with Gasteiger partial charge in [-0.05, 0) is 37.1 Å². The molecule has 0 aliphatic heterocycles. The fourth-order valence-electron chi connectivity index (χ4n) is 2.20. The van der Waals surface area contributed by atoms with E-state index in [4.69, 9.17) is 0 Å². The van der Waals surface area contributed by atoms with Crippen LogP contribution in [0.25, 0.3) is 5.65 Å². The van der Waals surface area contributed by atoms with Crippen LogP contribution in [0.1, 0.15) is 11.1 Å². The van der Waals surface area contributed by atoms with Gasteiger partial charge in [0, 0.05) is 11.9 Å². The van der Waals surface area contributed by atoms with Crippen LogP contribution < -0.4 is 11.0 Å². The number of aromatic nitrogens is 3. The van der Waals surface area contributed by atoms with Crippen molar-refractivity contribution in [3.8, 4) is 0 Å². The number of hydrogen-bond donors (Lipinski definition) is 1. The fourth-order valence-corrected chi connectivity index (χ4v) is 2.83. The quantitative estimate of drug-likeness (QED) is 0.738. The predicted octanol–water partition coefficient (Wildman–Crippen LogP) is 2.44. The summed E-state index contributed by atoms with van der Waals surface area (Å²) in [4.78, 5) is 32.3. The lowest BCUT2D eigenvalue weighted by Crippen LogP contribution is -2.20. The molecule has 0 bridgehead atoms. The molecule has 1 N–H and O–H groups in total. The molecular formula is C17H16N4O2S. The number of pyridine rings is 1. The van der Waals surface area contributed by atoms with Crippen molar-refractivity contribution in [2.45, 2.75) is 19.0 Å². The Hall–Kier alpha value is -2.67. The van der Waals surface area contributed by atoms with Crippen LogP contribution in [0, 0.1) is 13.8 Å². The van der Waals surface area contributed by atoms with Crippen molar-refractivity contribution in [2.75, 3.05) is 11.1 Å². The number of aryl methyl sites for hydroxylation is 2. The molecule has 0 spiro atoms. The van der Waals surface area contributed by atoms with Gasteiger partial charge in [-0.15, -0.1) is 0 Å². The summed E-state index contributed by atoms with van der Waals surface area (Å²) in [7, 11) is 0. The van der Waals surface area contributed by atoms with Crippen molar-refractivity contribution in [2.24, 2.45) is 0 Å². The van der Waals surface area contributed by atoms with Crippen LogP contribution in [0.3, 0.4) is 0 Å². The van der Waals surface area contributed by atoms with Gasteiger partial charge in [-0.3, -0.25) is 9.20 Å². The predicted molar refractivity (Wildman–Crippen MR) is 94.5 cm³/mol. The van der Waals surface area contributed by atoms with Gasteiger partial charge in [0.15, 0.2) is 5.16 Å². The number of anilines is 1. The van der Waals surface area contributed by atoms with Gasteiger partial charge in [0.25, 0.3) is 0 Å². The van der Waals surface area contributed by atoms with E-state index in [-0.39, 0.29) is 11.7 Å². The molecule has 0 saturated carbocycles. The Morgan fingerprint density at radius 2 is 1.96 bits per heavy atom. The van der Waals surface area contributed by atoms with Crippen molar-refractivity contribution >= 4 is 29.0 Å². The molecule has 1 aromatic carbocycles. The highest BCUT2D eigenvalue weighted by Crippen LogP contribution is 2.16. The van der Waals surface area contributed by atoms with Crippen LogP contribution in [0.15, 0.2) is 52.5 Å². The van der Waals surface area contributed by atoms with Crippen LogP contribution in [0.5, 0.6) is 0 Å². The highest BCUT2D eigenvalue weighted by molar-refractivity contribution is 7.99. The maximum absolute atomic E-state index is 12.1. The molecule has 2 heterocycles. The summed E-state index contributed by atoms with van der Waals surface area (Å²) in [6.45, 7) is 3.82. The van der Waals surface area contributed by atoms with Crippen LogP contribution in [0.2, 0.25) is 0 Å². The summed E-state index contributed by atoms with van der Waals surface area (Å²) in [6.07, 6.45) is 1.69. The molecule has 0 saturated heterocycles. The SMILES string of the molecule is Cc1ccc2nc(SCC(=O)Nc3ccccc3C)nc(=O)n2c1. The lowest BCUT2D eigenvalue weighted by atomic mass is 10.2. The largest absolute Gasteiger partial charge is 0.355 e. The smallest absolute Gasteiger partial charge is 0.325 e. The molecular weight excluding hydrogens is 324 g/mol. The van der Waals surface area contributed by atoms with E-state index in [0.717, 1.165) is 28.6 Å². The molecule has 0 atom stereocenters. The normalized spacial score (nSPS) is 10.8. The molecule has 3 aromatic rings. The maximum Gasteiger partial charge on any atom is 0.355 e. The molecule has 0 unspecified atom stereocenters. The van der Waals surface area contributed by atoms with Crippen molar-refractivity contribution in [3.05, 3.63) is 64.2 Å². The number of benzene rings is 1. The number of rotatable bonds is 4. The van der Waals surface area contributed by atoms with Crippen molar-refractivity contribution in [1.82, 2.24) is 14.4 Å². The highest BCUT2D eigenvalue weighted by Gasteiger charge is 2.09. The zero-order valence-electron chi connectivity index (χ0n) is 13.3. The number of nitrogens with one attached hydrogen (secondary N) is 1. The first-order chi connectivity index (χ1) is 11.5. The Morgan fingerprint density at radius 3 is 2.75 bits per heavy atom. The van der Waals surface area contributed by atoms with E-state index in [2.05, 4.69) is 15.3 Å². The van der Waals surface area contributed by atoms with E-state index >= 15 is 0 Å². The Balaban J connectivity index is 1.71. The van der Waals surface area contributed by atoms with Crippen molar-refractivity contribution in [3.63, 3.8) is 0 Å². The Morgan fingerprint density at radius 1 is 1.17 bits per heavy atom. The number of amides is 1. The lowest BCUT2D eigenvalue weighted by Gasteiger charge is -2.07. The van der Waals surface area contributed by atoms with Gasteiger partial charge in [0.1, 0.15) is 5.65 Å². The minimum absolute atomic E-state index is 0.135. The fraction of sp³-hybridized carbons (Fsp3) is 0.176. The first-order valence-corrected chi connectivity index (χ1v) is 8.37. The van der Waals surface area contributed by atoms with E-state index in [9.17, 15) is 9.59 Å². The zero-order valence-corrected chi connectivity index (χ0v) is 14.1. The second-order valence-corrected chi connectivity index (χ2v) is 6.32. The van der Waals surface area contributed by atoms with Crippen LogP contribution in [-0.2, 0) is 4.79 Å². The summed E-state index contributed by atoms with van der Waals surface area (Å²) in [6, 6.07) is 11.2. The third-order valence-electron chi connectivity index (χ3n) is 3.43. The van der Waals surface area contributed by atoms with Gasteiger partial charge >= 0.3 is 5.69 Å². The Bertz CT molecular complexity index is 968. The minimum Gasteiger partial charge on any atom is -0.325 e. The van der Waals surface area contributed by atoms with Gasteiger partial charge in [0.05, 0.1) is 5.75 Å². The standard InChI is InChI=1S/C17H16N4O2S/c1-11-7-8-14-19-16(20-17(23)21(14)9-11)24-10-15(22)18-13-6-4-3-5-12(13)2/h3-9H,10H2,1-2H3,(H,18,22). The van der Waals surface area contributed by atoms with Crippen molar-refractivity contribution < 1.29 is 4.79 Å². The van der Waals surface area contributed by atoms with Gasteiger partial charge in [0.2, 0.25) is 5.91 Å². The van der Waals surface area contributed by atoms with Crippen molar-refractivity contribution in [1.29, 1.82) is 0 Å². The number of carbonyl (C=O) groups excluding carboxylic acids is 1. The molecule has 0 fully saturated rings. The average molecular weight is 340 g/mol. The summed E-state index contributed by atoms with van der Waals surface area (Å²) < 4.78 is 1.40. The van der Waals surface area contributed by atoms with E-state index in [1.807, 2.05) is 44.2 Å². The van der Waals surface area contributed by atoms with E-state index in [1.165, 1.54) is 4.40 Å². The number of carbonyl (C=O) groups is 1. The summed E-state index contributed by atoms with van der Waals surface area (Å²) in [5.41, 5.74) is 2.84. The number of nitrogens with zero attached hydrogens (tertiary/aromatic N) is 3. The Kier molecular flexibility index (Phi) is 4.61. The van der Waals surface area contributed by atoms with Crippen LogP contribution in [0.4, 0.5) is 5.69 Å².